The maximum Gasteiger partial charge on any atom is 0.0724 e. The van der Waals surface area contributed by atoms with E-state index in [-0.39, 0.29) is 0 Å². The van der Waals surface area contributed by atoms with Crippen LogP contribution in [-0.2, 0) is 0 Å². The third kappa shape index (κ3) is 13.2. The van der Waals surface area contributed by atoms with Gasteiger partial charge >= 0.3 is 0 Å². The van der Waals surface area contributed by atoms with Crippen molar-refractivity contribution in [1.82, 2.24) is 42.4 Å². The van der Waals surface area contributed by atoms with Crippen molar-refractivity contribution in [3.05, 3.63) is 492 Å². The van der Waals surface area contributed by atoms with Crippen molar-refractivity contribution < 1.29 is 0 Å². The molecule has 9 heteroatoms. The Morgan fingerprint density at radius 1 is 0.121 bits per heavy atom. The van der Waals surface area contributed by atoms with Crippen LogP contribution in [0.3, 0.4) is 0 Å². The van der Waals surface area contributed by atoms with Crippen LogP contribution < -0.4 is 0 Å². The van der Waals surface area contributed by atoms with Crippen LogP contribution in [-0.4, -0.2) is 42.4 Å². The molecule has 0 spiro atoms. The summed E-state index contributed by atoms with van der Waals surface area (Å²) in [5.41, 5.74) is 33.8. The minimum Gasteiger partial charge on any atom is -0.309 e. The summed E-state index contributed by atoms with van der Waals surface area (Å²) in [6, 6.07) is 173. The van der Waals surface area contributed by atoms with Crippen molar-refractivity contribution in [2.45, 2.75) is 0 Å². The van der Waals surface area contributed by atoms with E-state index in [2.05, 4.69) is 507 Å². The lowest BCUT2D eigenvalue weighted by molar-refractivity contribution is 1.14. The molecule has 9 heterocycles. The van der Waals surface area contributed by atoms with Crippen LogP contribution in [0.4, 0.5) is 0 Å². The molecule has 0 unspecified atom stereocenters. The normalized spacial score (nSPS) is 11.6. The number of hydrogen-bond acceptors (Lipinski definition) is 3. The maximum absolute atomic E-state index is 5.27. The van der Waals surface area contributed by atoms with Crippen molar-refractivity contribution in [2.75, 3.05) is 0 Å². The van der Waals surface area contributed by atoms with Crippen molar-refractivity contribution in [1.29, 1.82) is 0 Å². The van der Waals surface area contributed by atoms with Crippen molar-refractivity contribution in [3.8, 4) is 102 Å². The predicted molar refractivity (Wildman–Crippen MR) is 551 cm³/mol. The number of pyridine rings is 3. The average molecular weight is 1690 g/mol. The Labute approximate surface area is 761 Å². The average Bonchev–Trinajstić information content (AvgIpc) is 1.69. The van der Waals surface area contributed by atoms with E-state index in [1.54, 1.807) is 0 Å². The fourth-order valence-electron chi connectivity index (χ4n) is 20.2. The van der Waals surface area contributed by atoms with Crippen LogP contribution in [0.15, 0.2) is 492 Å². The van der Waals surface area contributed by atoms with Gasteiger partial charge in [-0.1, -0.05) is 315 Å². The second-order valence-corrected chi connectivity index (χ2v) is 33.8. The van der Waals surface area contributed by atoms with E-state index in [1.165, 1.54) is 131 Å². The van der Waals surface area contributed by atoms with Gasteiger partial charge in [0.15, 0.2) is 0 Å². The lowest BCUT2D eigenvalue weighted by Gasteiger charge is -2.13. The smallest absolute Gasteiger partial charge is 0.0724 e. The minimum absolute atomic E-state index is 0.946. The Morgan fingerprint density at radius 2 is 0.318 bits per heavy atom. The zero-order chi connectivity index (χ0) is 87.1. The van der Waals surface area contributed by atoms with Gasteiger partial charge < -0.3 is 27.4 Å². The fourth-order valence-corrected chi connectivity index (χ4v) is 20.2. The highest BCUT2D eigenvalue weighted by atomic mass is 15.0. The highest BCUT2D eigenvalue weighted by molar-refractivity contribution is 6.15. The first-order chi connectivity index (χ1) is 65.5. The summed E-state index contributed by atoms with van der Waals surface area (Å²) in [6.45, 7) is 0. The summed E-state index contributed by atoms with van der Waals surface area (Å²) < 4.78 is 14.1. The Hall–Kier alpha value is -17.8. The van der Waals surface area contributed by atoms with Crippen LogP contribution >= 0.6 is 0 Å². The Bertz CT molecular complexity index is 8490. The molecule has 0 saturated carbocycles. The van der Waals surface area contributed by atoms with Gasteiger partial charge in [-0.25, -0.2) is 9.97 Å². The van der Waals surface area contributed by atoms with E-state index in [1.807, 2.05) is 12.3 Å². The molecule has 0 amide bonds. The second kappa shape index (κ2) is 32.3. The molecule has 0 N–H and O–H groups in total. The third-order valence-electron chi connectivity index (χ3n) is 26.3. The summed E-state index contributed by atoms with van der Waals surface area (Å²) >= 11 is 0. The molecule has 0 aliphatic heterocycles. The second-order valence-electron chi connectivity index (χ2n) is 33.8. The molecular weight excluding hydrogens is 1600 g/mol. The lowest BCUT2D eigenvalue weighted by atomic mass is 10.00. The zero-order valence-corrected chi connectivity index (χ0v) is 71.8. The van der Waals surface area contributed by atoms with E-state index in [0.717, 1.165) is 101 Å². The zero-order valence-electron chi connectivity index (χ0n) is 71.8. The Kier molecular flexibility index (Phi) is 18.7. The quantitative estimate of drug-likeness (QED) is 0.122. The van der Waals surface area contributed by atoms with Gasteiger partial charge in [0.05, 0.1) is 101 Å². The molecule has 0 bridgehead atoms. The number of benzene rings is 18. The molecule has 0 atom stereocenters. The molecule has 132 heavy (non-hydrogen) atoms. The molecule has 9 nitrogen and oxygen atoms in total. The molecule has 27 aromatic rings. The molecule has 0 aliphatic rings. The number of rotatable bonds is 12. The molecular formula is C123H81N9. The standard InChI is InChI=1S/C47H31N3.C41H27N3.C35H23N3/c1-2-12-32(13-3-1)35-30-42(33-22-26-36(27-23-33)49-44-18-8-4-14-38(44)39-15-5-9-19-45(39)49)48-43(31-35)34-24-28-37(29-25-34)50-46-20-10-6-16-40(46)41-17-7-11-21-47(41)50;1-5-16-38-32(10-1)33-11-2-6-17-39(33)43(38)30-24-20-28(21-25-30)36-14-9-15-37(42-36)29-22-26-31(27-23-29)44-40-18-7-3-12-34(40)35-13-4-8-19-41(35)44;1-2-10-24(11-3-1)31-22-30-29-14-6-9-17-34(29)38(35(30)23-36-31)26-20-18-25(19-21-26)37-32-15-7-4-12-27(32)28-13-5-8-16-33(28)37/h1-31H;1-27H;1-23H. The predicted octanol–water partition coefficient (Wildman–Crippen LogP) is 31.8. The van der Waals surface area contributed by atoms with Gasteiger partial charge in [-0.2, -0.15) is 0 Å². The highest BCUT2D eigenvalue weighted by Gasteiger charge is 2.22. The largest absolute Gasteiger partial charge is 0.309 e. The molecule has 27 rings (SSSR count). The van der Waals surface area contributed by atoms with Crippen LogP contribution in [0.2, 0.25) is 0 Å². The summed E-state index contributed by atoms with van der Waals surface area (Å²) in [6.07, 6.45) is 2.01. The number of nitrogens with zero attached hydrogens (tertiary/aromatic N) is 9. The van der Waals surface area contributed by atoms with Gasteiger partial charge in [0.25, 0.3) is 0 Å². The first kappa shape index (κ1) is 76.6. The topological polar surface area (TPSA) is 68.2 Å². The maximum atomic E-state index is 5.27. The van der Waals surface area contributed by atoms with Crippen molar-refractivity contribution in [2.24, 2.45) is 0 Å². The van der Waals surface area contributed by atoms with Gasteiger partial charge in [0.1, 0.15) is 0 Å². The summed E-state index contributed by atoms with van der Waals surface area (Å²) in [4.78, 5) is 15.2. The molecule has 18 aromatic carbocycles. The van der Waals surface area contributed by atoms with Gasteiger partial charge in [-0.05, 0) is 181 Å². The van der Waals surface area contributed by atoms with Crippen LogP contribution in [0.25, 0.3) is 232 Å². The highest BCUT2D eigenvalue weighted by Crippen LogP contribution is 2.42. The summed E-state index contributed by atoms with van der Waals surface area (Å²) in [5, 5.41) is 15.1. The van der Waals surface area contributed by atoms with Gasteiger partial charge in [-0.15, -0.1) is 0 Å². The fraction of sp³-hybridized carbons (Fsp3) is 0. The van der Waals surface area contributed by atoms with Crippen LogP contribution in [0, 0.1) is 0 Å². The van der Waals surface area contributed by atoms with Crippen LogP contribution in [0.1, 0.15) is 0 Å². The third-order valence-corrected chi connectivity index (χ3v) is 26.3. The number of hydrogen-bond donors (Lipinski definition) is 0. The van der Waals surface area contributed by atoms with Crippen molar-refractivity contribution in [3.63, 3.8) is 0 Å². The SMILES string of the molecule is c1cc(-c2ccc(-n3c4ccccc4c4ccccc43)cc2)nc(-c2ccc(-n3c4ccccc4c4ccccc43)cc2)c1.c1ccc(-c2cc(-c3ccc(-n4c5ccccc5c5ccccc54)cc3)nc(-c3ccc(-n4c5ccccc5c5ccccc54)cc3)c2)cc1.c1ccc(-c2cc3c4ccccc4n(-c4ccc(-n5c6ccccc6c6ccccc65)cc4)c3cn2)cc1. The molecule has 0 aliphatic carbocycles. The van der Waals surface area contributed by atoms with E-state index < -0.39 is 0 Å². The summed E-state index contributed by atoms with van der Waals surface area (Å²) in [5.74, 6) is 0. The first-order valence-corrected chi connectivity index (χ1v) is 44.9. The lowest BCUT2D eigenvalue weighted by Crippen LogP contribution is -1.97. The van der Waals surface area contributed by atoms with E-state index >= 15 is 0 Å². The van der Waals surface area contributed by atoms with E-state index in [4.69, 9.17) is 15.0 Å². The minimum atomic E-state index is 0.946. The van der Waals surface area contributed by atoms with Crippen molar-refractivity contribution >= 4 is 131 Å². The Morgan fingerprint density at radius 3 is 0.583 bits per heavy atom. The van der Waals surface area contributed by atoms with Gasteiger partial charge in [0, 0.05) is 127 Å². The molecule has 0 saturated heterocycles. The molecule has 0 fully saturated rings. The number of aromatic nitrogens is 9. The van der Waals surface area contributed by atoms with E-state index in [0.29, 0.717) is 0 Å². The van der Waals surface area contributed by atoms with Gasteiger partial charge in [-0.3, -0.25) is 4.98 Å². The van der Waals surface area contributed by atoms with Crippen LogP contribution in [0.5, 0.6) is 0 Å². The first-order valence-electron chi connectivity index (χ1n) is 44.9. The number of para-hydroxylation sites is 11. The van der Waals surface area contributed by atoms with E-state index in [9.17, 15) is 0 Å². The molecule has 9 aromatic heterocycles. The Balaban J connectivity index is 0.000000107. The molecule has 618 valence electrons. The van der Waals surface area contributed by atoms with Gasteiger partial charge in [0.2, 0.25) is 0 Å². The number of fused-ring (bicyclic) bond motifs is 18. The monoisotopic (exact) mass is 1680 g/mol. The molecule has 0 radical (unpaired) electrons. The summed E-state index contributed by atoms with van der Waals surface area (Å²) in [7, 11) is 0.